The zero-order chi connectivity index (χ0) is 30.2. The fraction of sp³-hybridized carbons (Fsp3) is 0.143. The third-order valence-corrected chi connectivity index (χ3v) is 7.53. The van der Waals surface area contributed by atoms with E-state index < -0.39 is 0 Å². The van der Waals surface area contributed by atoms with Crippen LogP contribution in [-0.4, -0.2) is 36.2 Å². The molecule has 0 aliphatic rings. The van der Waals surface area contributed by atoms with Gasteiger partial charge in [-0.1, -0.05) is 77.8 Å². The van der Waals surface area contributed by atoms with Crippen molar-refractivity contribution in [1.29, 1.82) is 0 Å². The number of nitrogens with one attached hydrogen (secondary N) is 1. The van der Waals surface area contributed by atoms with Gasteiger partial charge in [0, 0.05) is 23.3 Å². The van der Waals surface area contributed by atoms with Crippen molar-refractivity contribution in [3.63, 3.8) is 0 Å². The fourth-order valence-corrected chi connectivity index (χ4v) is 5.11. The van der Waals surface area contributed by atoms with E-state index in [-0.39, 0.29) is 12.5 Å². The molecule has 43 heavy (non-hydrogen) atoms. The number of hydrogen-bond acceptors (Lipinski definition) is 4. The molecular weight excluding hydrogens is 581 g/mol. The Kier molecular flexibility index (Phi) is 9.82. The highest BCUT2D eigenvalue weighted by molar-refractivity contribution is 6.36. The number of rotatable bonds is 11. The first kappa shape index (κ1) is 30.0. The largest absolute Gasteiger partial charge is 0.497 e. The molecule has 0 spiro atoms. The minimum Gasteiger partial charge on any atom is -0.497 e. The Labute approximate surface area is 261 Å². The van der Waals surface area contributed by atoms with Gasteiger partial charge >= 0.3 is 0 Å². The molecule has 0 bridgehead atoms. The second kappa shape index (κ2) is 14.1. The monoisotopic (exact) mass is 611 g/mol. The summed E-state index contributed by atoms with van der Waals surface area (Å²) in [6.45, 7) is 0.623. The minimum atomic E-state index is -0.113. The van der Waals surface area contributed by atoms with Crippen LogP contribution < -0.4 is 14.8 Å². The van der Waals surface area contributed by atoms with Gasteiger partial charge in [-0.15, -0.1) is 0 Å². The van der Waals surface area contributed by atoms with E-state index in [1.54, 1.807) is 26.4 Å². The molecule has 1 heterocycles. The van der Waals surface area contributed by atoms with E-state index >= 15 is 0 Å². The molecular formula is C35H31Cl2N3O3. The predicted octanol–water partition coefficient (Wildman–Crippen LogP) is 8.07. The molecule has 0 atom stereocenters. The van der Waals surface area contributed by atoms with Crippen molar-refractivity contribution in [3.05, 3.63) is 124 Å². The van der Waals surface area contributed by atoms with Crippen LogP contribution in [0.5, 0.6) is 11.5 Å². The third kappa shape index (κ3) is 7.86. The van der Waals surface area contributed by atoms with Crippen molar-refractivity contribution in [2.75, 3.05) is 20.8 Å². The van der Waals surface area contributed by atoms with E-state index in [9.17, 15) is 4.79 Å². The summed E-state index contributed by atoms with van der Waals surface area (Å²) in [5, 5.41) is 4.05. The summed E-state index contributed by atoms with van der Waals surface area (Å²) < 4.78 is 12.3. The second-order valence-electron chi connectivity index (χ2n) is 9.87. The van der Waals surface area contributed by atoms with Crippen molar-refractivity contribution in [2.45, 2.75) is 13.0 Å². The quantitative estimate of drug-likeness (QED) is 0.164. The highest BCUT2D eigenvalue weighted by Crippen LogP contribution is 2.30. The highest BCUT2D eigenvalue weighted by atomic mass is 35.5. The number of aromatic nitrogens is 2. The lowest BCUT2D eigenvalue weighted by Crippen LogP contribution is -2.29. The van der Waals surface area contributed by atoms with Crippen molar-refractivity contribution in [1.82, 2.24) is 14.9 Å². The minimum absolute atomic E-state index is 0.108. The molecule has 1 aromatic heterocycles. The van der Waals surface area contributed by atoms with E-state index in [1.807, 2.05) is 89.6 Å². The van der Waals surface area contributed by atoms with Gasteiger partial charge < -0.3 is 19.4 Å². The number of amides is 1. The maximum Gasteiger partial charge on any atom is 0.240 e. The number of methoxy groups -OCH3 is 2. The summed E-state index contributed by atoms with van der Waals surface area (Å²) in [6.07, 6.45) is 6.43. The summed E-state index contributed by atoms with van der Waals surface area (Å²) in [5.74, 6) is 2.14. The SMILES string of the molecule is COc1ccc(CCNC(=O)Cn2cc(-c3ccc(Cl)cc3Cl)nc2C=Cc2ccc(-c3ccc(OC)cc3)cc2)cc1. The number of hydrogen-bond donors (Lipinski definition) is 1. The van der Waals surface area contributed by atoms with Gasteiger partial charge in [0.1, 0.15) is 23.9 Å². The Balaban J connectivity index is 1.32. The van der Waals surface area contributed by atoms with Crippen LogP contribution in [0.2, 0.25) is 10.0 Å². The lowest BCUT2D eigenvalue weighted by Gasteiger charge is -2.08. The fourth-order valence-electron chi connectivity index (χ4n) is 4.61. The summed E-state index contributed by atoms with van der Waals surface area (Å²) in [4.78, 5) is 17.8. The highest BCUT2D eigenvalue weighted by Gasteiger charge is 2.14. The Hall–Kier alpha value is -4.52. The standard InChI is InChI=1S/C35H31Cl2N3O3/c1-42-29-13-5-25(6-14-29)19-20-38-35(41)23-40-22-33(31-17-12-28(36)21-32(31)37)39-34(40)18-7-24-3-8-26(9-4-24)27-10-15-30(43-2)16-11-27/h3-18,21-22H,19-20,23H2,1-2H3,(H,38,41). The molecule has 5 aromatic rings. The van der Waals surface area contributed by atoms with E-state index in [0.717, 1.165) is 39.3 Å². The third-order valence-electron chi connectivity index (χ3n) is 6.98. The Morgan fingerprint density at radius 1 is 0.837 bits per heavy atom. The molecule has 218 valence electrons. The Bertz CT molecular complexity index is 1710. The maximum atomic E-state index is 12.9. The van der Waals surface area contributed by atoms with Gasteiger partial charge in [-0.3, -0.25) is 4.79 Å². The van der Waals surface area contributed by atoms with Crippen molar-refractivity contribution in [3.8, 4) is 33.9 Å². The number of ether oxygens (including phenoxy) is 2. The van der Waals surface area contributed by atoms with Gasteiger partial charge in [0.2, 0.25) is 5.91 Å². The normalized spacial score (nSPS) is 11.1. The smallest absolute Gasteiger partial charge is 0.240 e. The second-order valence-corrected chi connectivity index (χ2v) is 10.7. The average Bonchev–Trinajstić information content (AvgIpc) is 3.42. The summed E-state index contributed by atoms with van der Waals surface area (Å²) in [6, 6.07) is 29.3. The molecule has 5 rings (SSSR count). The van der Waals surface area contributed by atoms with Crippen LogP contribution in [0.4, 0.5) is 0 Å². The average molecular weight is 613 g/mol. The molecule has 1 N–H and O–H groups in total. The van der Waals surface area contributed by atoms with Crippen LogP contribution in [0.25, 0.3) is 34.5 Å². The van der Waals surface area contributed by atoms with Gasteiger partial charge in [0.25, 0.3) is 0 Å². The van der Waals surface area contributed by atoms with E-state index in [1.165, 1.54) is 0 Å². The zero-order valence-electron chi connectivity index (χ0n) is 23.9. The lowest BCUT2D eigenvalue weighted by molar-refractivity contribution is -0.121. The predicted molar refractivity (Wildman–Crippen MR) is 175 cm³/mol. The molecule has 0 saturated heterocycles. The molecule has 0 radical (unpaired) electrons. The van der Waals surface area contributed by atoms with Gasteiger partial charge in [0.05, 0.1) is 24.9 Å². The lowest BCUT2D eigenvalue weighted by atomic mass is 10.0. The molecule has 6 nitrogen and oxygen atoms in total. The number of carbonyl (C=O) groups excluding carboxylic acids is 1. The summed E-state index contributed by atoms with van der Waals surface area (Å²) in [7, 11) is 3.30. The van der Waals surface area contributed by atoms with Crippen LogP contribution >= 0.6 is 23.2 Å². The first-order chi connectivity index (χ1) is 20.9. The van der Waals surface area contributed by atoms with Crippen molar-refractivity contribution in [2.24, 2.45) is 0 Å². The number of benzene rings is 4. The molecule has 1 amide bonds. The van der Waals surface area contributed by atoms with Crippen LogP contribution in [-0.2, 0) is 17.8 Å². The molecule has 0 fully saturated rings. The number of carbonyl (C=O) groups is 1. The van der Waals surface area contributed by atoms with E-state index in [0.29, 0.717) is 34.5 Å². The Morgan fingerprint density at radius 2 is 1.47 bits per heavy atom. The van der Waals surface area contributed by atoms with Gasteiger partial charge in [-0.05, 0) is 77.2 Å². The summed E-state index contributed by atoms with van der Waals surface area (Å²) in [5.41, 5.74) is 5.72. The van der Waals surface area contributed by atoms with Crippen LogP contribution in [0, 0.1) is 0 Å². The molecule has 0 unspecified atom stereocenters. The summed E-state index contributed by atoms with van der Waals surface area (Å²) >= 11 is 12.6. The van der Waals surface area contributed by atoms with E-state index in [2.05, 4.69) is 17.4 Å². The molecule has 0 saturated carbocycles. The van der Waals surface area contributed by atoms with Gasteiger partial charge in [-0.2, -0.15) is 0 Å². The number of nitrogens with zero attached hydrogens (tertiary/aromatic N) is 2. The zero-order valence-corrected chi connectivity index (χ0v) is 25.4. The molecule has 4 aromatic carbocycles. The number of halogens is 2. The van der Waals surface area contributed by atoms with Crippen molar-refractivity contribution >= 4 is 41.3 Å². The van der Waals surface area contributed by atoms with E-state index in [4.69, 9.17) is 37.7 Å². The van der Waals surface area contributed by atoms with Crippen LogP contribution in [0.3, 0.4) is 0 Å². The van der Waals surface area contributed by atoms with Crippen LogP contribution in [0.15, 0.2) is 97.2 Å². The first-order valence-electron chi connectivity index (χ1n) is 13.8. The molecule has 0 aliphatic heterocycles. The molecule has 8 heteroatoms. The van der Waals surface area contributed by atoms with Gasteiger partial charge in [0.15, 0.2) is 0 Å². The van der Waals surface area contributed by atoms with Crippen molar-refractivity contribution < 1.29 is 14.3 Å². The maximum absolute atomic E-state index is 12.9. The number of imidazole rings is 1. The Morgan fingerprint density at radius 3 is 2.09 bits per heavy atom. The van der Waals surface area contributed by atoms with Crippen LogP contribution in [0.1, 0.15) is 17.0 Å². The topological polar surface area (TPSA) is 65.4 Å². The van der Waals surface area contributed by atoms with Gasteiger partial charge in [-0.25, -0.2) is 4.98 Å². The first-order valence-corrected chi connectivity index (χ1v) is 14.5. The molecule has 0 aliphatic carbocycles.